The molecule has 2 rings (SSSR count). The highest BCUT2D eigenvalue weighted by Gasteiger charge is 2.17. The van der Waals surface area contributed by atoms with Gasteiger partial charge in [-0.05, 0) is 56.3 Å². The third-order valence-corrected chi connectivity index (χ3v) is 4.56. The largest absolute Gasteiger partial charge is 0.494 e. The topological polar surface area (TPSA) is 123 Å². The third-order valence-electron chi connectivity index (χ3n) is 3.64. The Hall–Kier alpha value is -2.98. The Bertz CT molecular complexity index is 1010. The van der Waals surface area contributed by atoms with Crippen LogP contribution in [0.2, 0.25) is 5.02 Å². The Balaban J connectivity index is 1.93. The van der Waals surface area contributed by atoms with E-state index in [1.165, 1.54) is 25.1 Å². The van der Waals surface area contributed by atoms with Gasteiger partial charge in [0, 0.05) is 5.56 Å². The third kappa shape index (κ3) is 7.12. The first-order valence-electron chi connectivity index (χ1n) is 8.86. The van der Waals surface area contributed by atoms with E-state index in [0.717, 1.165) is 6.26 Å². The molecule has 9 nitrogen and oxygen atoms in total. The number of carbonyl (C=O) groups is 2. The van der Waals surface area contributed by atoms with E-state index >= 15 is 0 Å². The van der Waals surface area contributed by atoms with E-state index in [1.54, 1.807) is 24.3 Å². The average Bonchev–Trinajstić information content (AvgIpc) is 2.68. The lowest BCUT2D eigenvalue weighted by Gasteiger charge is -2.16. The van der Waals surface area contributed by atoms with Crippen molar-refractivity contribution in [3.05, 3.63) is 53.1 Å². The molecule has 2 amide bonds. The lowest BCUT2D eigenvalue weighted by Crippen LogP contribution is -2.47. The maximum Gasteiger partial charge on any atom is 0.279 e. The number of anilines is 1. The molecule has 0 aromatic heterocycles. The average molecular weight is 456 g/mol. The van der Waals surface area contributed by atoms with Gasteiger partial charge in [-0.25, -0.2) is 8.42 Å². The van der Waals surface area contributed by atoms with Gasteiger partial charge in [0.25, 0.3) is 11.8 Å². The second-order valence-electron chi connectivity index (χ2n) is 6.18. The van der Waals surface area contributed by atoms with Crippen molar-refractivity contribution in [3.63, 3.8) is 0 Å². The molecular weight excluding hydrogens is 434 g/mol. The zero-order valence-corrected chi connectivity index (χ0v) is 18.1. The minimum absolute atomic E-state index is 0.0466. The molecule has 30 heavy (non-hydrogen) atoms. The Morgan fingerprint density at radius 3 is 2.30 bits per heavy atom. The second-order valence-corrected chi connectivity index (χ2v) is 8.33. The predicted octanol–water partition coefficient (Wildman–Crippen LogP) is 2.34. The van der Waals surface area contributed by atoms with Crippen molar-refractivity contribution in [1.82, 2.24) is 10.9 Å². The highest BCUT2D eigenvalue weighted by atomic mass is 35.5. The lowest BCUT2D eigenvalue weighted by molar-refractivity contribution is -0.128. The van der Waals surface area contributed by atoms with Crippen molar-refractivity contribution in [3.8, 4) is 11.5 Å². The minimum atomic E-state index is -3.58. The summed E-state index contributed by atoms with van der Waals surface area (Å²) in [4.78, 5) is 24.4. The number of hydrazine groups is 1. The number of carbonyl (C=O) groups excluding carboxylic acids is 2. The molecule has 1 atom stereocenters. The number of rotatable bonds is 8. The van der Waals surface area contributed by atoms with Crippen LogP contribution in [0.4, 0.5) is 5.69 Å². The molecule has 0 saturated carbocycles. The van der Waals surface area contributed by atoms with Crippen LogP contribution in [0.5, 0.6) is 11.5 Å². The standard InChI is InChI=1S/C19H22ClN3O6S/c1-4-28-14-6-8-15(9-7-14)29-12(2)18(24)21-22-19(25)13-5-10-16(20)17(11-13)23-30(3,26)27/h5-12,23H,4H2,1-3H3,(H,21,24)(H,22,25). The Morgan fingerprint density at radius 1 is 1.07 bits per heavy atom. The number of amides is 2. The van der Waals surface area contributed by atoms with E-state index in [0.29, 0.717) is 18.1 Å². The summed E-state index contributed by atoms with van der Waals surface area (Å²) in [5, 5.41) is 0.124. The normalized spacial score (nSPS) is 11.9. The molecule has 0 bridgehead atoms. The fourth-order valence-corrected chi connectivity index (χ4v) is 3.06. The van der Waals surface area contributed by atoms with Gasteiger partial charge in [0.1, 0.15) is 11.5 Å². The molecule has 162 valence electrons. The second kappa shape index (κ2) is 10.2. The molecule has 0 fully saturated rings. The molecule has 2 aromatic carbocycles. The summed E-state index contributed by atoms with van der Waals surface area (Å²) in [7, 11) is -3.58. The van der Waals surface area contributed by atoms with Crippen LogP contribution < -0.4 is 25.0 Å². The number of sulfonamides is 1. The number of benzene rings is 2. The van der Waals surface area contributed by atoms with E-state index in [4.69, 9.17) is 21.1 Å². The smallest absolute Gasteiger partial charge is 0.279 e. The lowest BCUT2D eigenvalue weighted by atomic mass is 10.2. The first kappa shape index (κ1) is 23.3. The van der Waals surface area contributed by atoms with Gasteiger partial charge in [-0.15, -0.1) is 0 Å². The molecule has 0 radical (unpaired) electrons. The zero-order valence-electron chi connectivity index (χ0n) is 16.6. The van der Waals surface area contributed by atoms with Crippen molar-refractivity contribution in [2.24, 2.45) is 0 Å². The molecule has 0 saturated heterocycles. The van der Waals surface area contributed by atoms with Crippen LogP contribution >= 0.6 is 11.6 Å². The van der Waals surface area contributed by atoms with Crippen LogP contribution in [0, 0.1) is 0 Å². The van der Waals surface area contributed by atoms with Crippen molar-refractivity contribution in [2.45, 2.75) is 20.0 Å². The van der Waals surface area contributed by atoms with Crippen LogP contribution in [0.25, 0.3) is 0 Å². The maximum absolute atomic E-state index is 12.3. The van der Waals surface area contributed by atoms with Gasteiger partial charge in [0.15, 0.2) is 6.10 Å². The Morgan fingerprint density at radius 2 is 1.70 bits per heavy atom. The van der Waals surface area contributed by atoms with Gasteiger partial charge in [0.2, 0.25) is 10.0 Å². The van der Waals surface area contributed by atoms with Crippen molar-refractivity contribution in [2.75, 3.05) is 17.6 Å². The molecule has 0 aliphatic carbocycles. The number of halogens is 1. The molecule has 0 aliphatic rings. The molecule has 0 aliphatic heterocycles. The van der Waals surface area contributed by atoms with Gasteiger partial charge >= 0.3 is 0 Å². The van der Waals surface area contributed by atoms with Crippen molar-refractivity contribution >= 4 is 39.1 Å². The monoisotopic (exact) mass is 455 g/mol. The van der Waals surface area contributed by atoms with E-state index in [9.17, 15) is 18.0 Å². The van der Waals surface area contributed by atoms with Crippen LogP contribution in [0.15, 0.2) is 42.5 Å². The van der Waals surface area contributed by atoms with Crippen LogP contribution in [0.1, 0.15) is 24.2 Å². The Labute approximate surface area is 179 Å². The summed E-state index contributed by atoms with van der Waals surface area (Å²) in [6.07, 6.45) is 0.0677. The minimum Gasteiger partial charge on any atom is -0.494 e. The SMILES string of the molecule is CCOc1ccc(OC(C)C(=O)NNC(=O)c2ccc(Cl)c(NS(C)(=O)=O)c2)cc1. The van der Waals surface area contributed by atoms with Gasteiger partial charge in [-0.1, -0.05) is 11.6 Å². The highest BCUT2D eigenvalue weighted by Crippen LogP contribution is 2.24. The fourth-order valence-electron chi connectivity index (χ4n) is 2.28. The summed E-state index contributed by atoms with van der Waals surface area (Å²) >= 11 is 5.93. The number of ether oxygens (including phenoxy) is 2. The summed E-state index contributed by atoms with van der Waals surface area (Å²) in [6.45, 7) is 3.94. The number of nitrogens with one attached hydrogen (secondary N) is 3. The molecule has 0 spiro atoms. The van der Waals surface area contributed by atoms with Crippen LogP contribution in [-0.4, -0.2) is 39.2 Å². The number of hydrogen-bond donors (Lipinski definition) is 3. The summed E-state index contributed by atoms with van der Waals surface area (Å²) < 4.78 is 35.8. The van der Waals surface area contributed by atoms with Gasteiger partial charge in [-0.3, -0.25) is 25.2 Å². The molecule has 1 unspecified atom stereocenters. The Kier molecular flexibility index (Phi) is 7.90. The van der Waals surface area contributed by atoms with Gasteiger partial charge in [-0.2, -0.15) is 0 Å². The van der Waals surface area contributed by atoms with E-state index in [1.807, 2.05) is 6.92 Å². The first-order chi connectivity index (χ1) is 14.1. The highest BCUT2D eigenvalue weighted by molar-refractivity contribution is 7.92. The zero-order chi connectivity index (χ0) is 22.3. The molecule has 0 heterocycles. The fraction of sp³-hybridized carbons (Fsp3) is 0.263. The number of hydrogen-bond acceptors (Lipinski definition) is 6. The molecular formula is C19H22ClN3O6S. The molecule has 3 N–H and O–H groups in total. The maximum atomic E-state index is 12.3. The van der Waals surface area contributed by atoms with E-state index in [2.05, 4.69) is 15.6 Å². The summed E-state index contributed by atoms with van der Waals surface area (Å²) in [5.41, 5.74) is 4.63. The van der Waals surface area contributed by atoms with Gasteiger partial charge < -0.3 is 9.47 Å². The van der Waals surface area contributed by atoms with Crippen LogP contribution in [0.3, 0.4) is 0 Å². The van der Waals surface area contributed by atoms with Crippen molar-refractivity contribution < 1.29 is 27.5 Å². The van der Waals surface area contributed by atoms with E-state index < -0.39 is 27.9 Å². The predicted molar refractivity (Wildman–Crippen MR) is 113 cm³/mol. The summed E-state index contributed by atoms with van der Waals surface area (Å²) in [5.74, 6) is -0.103. The quantitative estimate of drug-likeness (QED) is 0.525. The van der Waals surface area contributed by atoms with Gasteiger partial charge in [0.05, 0.1) is 23.6 Å². The van der Waals surface area contributed by atoms with Crippen LogP contribution in [-0.2, 0) is 14.8 Å². The van der Waals surface area contributed by atoms with E-state index in [-0.39, 0.29) is 16.3 Å². The first-order valence-corrected chi connectivity index (χ1v) is 11.1. The van der Waals surface area contributed by atoms with Crippen molar-refractivity contribution in [1.29, 1.82) is 0 Å². The molecule has 2 aromatic rings. The molecule has 11 heteroatoms. The summed E-state index contributed by atoms with van der Waals surface area (Å²) in [6, 6.07) is 10.8.